The first-order valence-corrected chi connectivity index (χ1v) is 8.52. The molecule has 0 spiro atoms. The van der Waals surface area contributed by atoms with Gasteiger partial charge in [0.05, 0.1) is 10.7 Å². The number of aryl methyl sites for hydroxylation is 1. The summed E-state index contributed by atoms with van der Waals surface area (Å²) in [6, 6.07) is 8.55. The van der Waals surface area contributed by atoms with Gasteiger partial charge < -0.3 is 4.90 Å². The first-order valence-electron chi connectivity index (χ1n) is 6.84. The number of thiazole rings is 1. The average Bonchev–Trinajstić information content (AvgIpc) is 2.85. The van der Waals surface area contributed by atoms with Crippen LogP contribution in [-0.4, -0.2) is 36.1 Å². The second-order valence-corrected chi connectivity index (χ2v) is 7.08. The SMILES string of the molecule is Cc1nc(CN2CCN(c3cccc(Br)c3)CC2)cs1. The van der Waals surface area contributed by atoms with Gasteiger partial charge >= 0.3 is 0 Å². The lowest BCUT2D eigenvalue weighted by Gasteiger charge is -2.35. The Hall–Kier alpha value is -0.910. The summed E-state index contributed by atoms with van der Waals surface area (Å²) in [5.74, 6) is 0. The third-order valence-corrected chi connectivity index (χ3v) is 4.91. The zero-order valence-corrected chi connectivity index (χ0v) is 14.0. The summed E-state index contributed by atoms with van der Waals surface area (Å²) in [6.45, 7) is 7.42. The molecule has 2 heterocycles. The second-order valence-electron chi connectivity index (χ2n) is 5.10. The summed E-state index contributed by atoms with van der Waals surface area (Å²) in [4.78, 5) is 9.49. The van der Waals surface area contributed by atoms with E-state index in [2.05, 4.69) is 67.3 Å². The monoisotopic (exact) mass is 351 g/mol. The Balaban J connectivity index is 1.57. The Morgan fingerprint density at radius 3 is 2.70 bits per heavy atom. The van der Waals surface area contributed by atoms with E-state index in [0.717, 1.165) is 42.2 Å². The number of nitrogens with zero attached hydrogens (tertiary/aromatic N) is 3. The van der Waals surface area contributed by atoms with Gasteiger partial charge in [0, 0.05) is 48.3 Å². The minimum atomic E-state index is 0.983. The number of piperazine rings is 1. The van der Waals surface area contributed by atoms with E-state index in [1.165, 1.54) is 11.4 Å². The molecule has 1 aromatic carbocycles. The maximum absolute atomic E-state index is 4.55. The molecule has 0 unspecified atom stereocenters. The molecule has 3 rings (SSSR count). The van der Waals surface area contributed by atoms with Gasteiger partial charge in [-0.1, -0.05) is 22.0 Å². The van der Waals surface area contributed by atoms with Crippen molar-refractivity contribution < 1.29 is 0 Å². The first kappa shape index (κ1) is 14.0. The van der Waals surface area contributed by atoms with Gasteiger partial charge in [0.1, 0.15) is 0 Å². The van der Waals surface area contributed by atoms with E-state index in [-0.39, 0.29) is 0 Å². The van der Waals surface area contributed by atoms with Crippen molar-refractivity contribution in [2.24, 2.45) is 0 Å². The number of aromatic nitrogens is 1. The summed E-state index contributed by atoms with van der Waals surface area (Å²) in [6.07, 6.45) is 0. The highest BCUT2D eigenvalue weighted by Gasteiger charge is 2.18. The Labute approximate surface area is 132 Å². The molecule has 0 N–H and O–H groups in total. The molecule has 5 heteroatoms. The van der Waals surface area contributed by atoms with Crippen molar-refractivity contribution in [1.82, 2.24) is 9.88 Å². The molecular formula is C15H18BrN3S. The highest BCUT2D eigenvalue weighted by Crippen LogP contribution is 2.21. The van der Waals surface area contributed by atoms with Gasteiger partial charge in [0.2, 0.25) is 0 Å². The number of hydrogen-bond acceptors (Lipinski definition) is 4. The molecule has 1 aliphatic rings. The highest BCUT2D eigenvalue weighted by molar-refractivity contribution is 9.10. The van der Waals surface area contributed by atoms with E-state index in [0.29, 0.717) is 0 Å². The van der Waals surface area contributed by atoms with E-state index in [1.807, 2.05) is 0 Å². The van der Waals surface area contributed by atoms with Crippen LogP contribution in [0.2, 0.25) is 0 Å². The molecular weight excluding hydrogens is 334 g/mol. The molecule has 1 saturated heterocycles. The zero-order chi connectivity index (χ0) is 13.9. The standard InChI is InChI=1S/C15H18BrN3S/c1-12-17-14(11-20-12)10-18-5-7-19(8-6-18)15-4-2-3-13(16)9-15/h2-4,9,11H,5-8,10H2,1H3. The van der Waals surface area contributed by atoms with Crippen molar-refractivity contribution in [1.29, 1.82) is 0 Å². The molecule has 3 nitrogen and oxygen atoms in total. The quantitative estimate of drug-likeness (QED) is 0.842. The van der Waals surface area contributed by atoms with Crippen molar-refractivity contribution in [2.45, 2.75) is 13.5 Å². The van der Waals surface area contributed by atoms with E-state index in [1.54, 1.807) is 11.3 Å². The molecule has 1 fully saturated rings. The van der Waals surface area contributed by atoms with E-state index < -0.39 is 0 Å². The van der Waals surface area contributed by atoms with Crippen LogP contribution in [0.3, 0.4) is 0 Å². The number of rotatable bonds is 3. The van der Waals surface area contributed by atoms with Gasteiger partial charge in [-0.05, 0) is 25.1 Å². The Morgan fingerprint density at radius 2 is 2.05 bits per heavy atom. The van der Waals surface area contributed by atoms with Crippen LogP contribution in [-0.2, 0) is 6.54 Å². The number of hydrogen-bond donors (Lipinski definition) is 0. The lowest BCUT2D eigenvalue weighted by atomic mass is 10.2. The summed E-state index contributed by atoms with van der Waals surface area (Å²) in [5, 5.41) is 3.34. The fraction of sp³-hybridized carbons (Fsp3) is 0.400. The summed E-state index contributed by atoms with van der Waals surface area (Å²) in [5.41, 5.74) is 2.52. The summed E-state index contributed by atoms with van der Waals surface area (Å²) >= 11 is 5.28. The molecule has 106 valence electrons. The normalized spacial score (nSPS) is 16.6. The molecule has 0 bridgehead atoms. The predicted octanol–water partition coefficient (Wildman–Crippen LogP) is 3.54. The molecule has 20 heavy (non-hydrogen) atoms. The minimum absolute atomic E-state index is 0.983. The van der Waals surface area contributed by atoms with Crippen LogP contribution in [0.25, 0.3) is 0 Å². The highest BCUT2D eigenvalue weighted by atomic mass is 79.9. The Kier molecular flexibility index (Phi) is 4.38. The summed E-state index contributed by atoms with van der Waals surface area (Å²) in [7, 11) is 0. The fourth-order valence-electron chi connectivity index (χ4n) is 2.55. The minimum Gasteiger partial charge on any atom is -0.369 e. The number of benzene rings is 1. The second kappa shape index (κ2) is 6.24. The topological polar surface area (TPSA) is 19.4 Å². The molecule has 1 aromatic heterocycles. The van der Waals surface area contributed by atoms with Crippen LogP contribution in [0.5, 0.6) is 0 Å². The molecule has 0 saturated carbocycles. The van der Waals surface area contributed by atoms with E-state index in [9.17, 15) is 0 Å². The maximum atomic E-state index is 4.55. The van der Waals surface area contributed by atoms with E-state index in [4.69, 9.17) is 0 Å². The largest absolute Gasteiger partial charge is 0.369 e. The van der Waals surface area contributed by atoms with Crippen LogP contribution in [0.15, 0.2) is 34.1 Å². The molecule has 2 aromatic rings. The van der Waals surface area contributed by atoms with Crippen LogP contribution < -0.4 is 4.90 Å². The van der Waals surface area contributed by atoms with Gasteiger partial charge in [0.25, 0.3) is 0 Å². The van der Waals surface area contributed by atoms with Crippen LogP contribution >= 0.6 is 27.3 Å². The van der Waals surface area contributed by atoms with Crippen LogP contribution in [0.1, 0.15) is 10.7 Å². The molecule has 1 aliphatic heterocycles. The van der Waals surface area contributed by atoms with Crippen molar-refractivity contribution in [3.05, 3.63) is 44.8 Å². The van der Waals surface area contributed by atoms with Gasteiger partial charge in [0.15, 0.2) is 0 Å². The van der Waals surface area contributed by atoms with Gasteiger partial charge in [-0.25, -0.2) is 4.98 Å². The van der Waals surface area contributed by atoms with E-state index >= 15 is 0 Å². The number of halogens is 1. The van der Waals surface area contributed by atoms with Gasteiger partial charge in [-0.2, -0.15) is 0 Å². The molecule has 0 radical (unpaired) electrons. The average molecular weight is 352 g/mol. The maximum Gasteiger partial charge on any atom is 0.0897 e. The van der Waals surface area contributed by atoms with Gasteiger partial charge in [-0.15, -0.1) is 11.3 Å². The molecule has 0 aliphatic carbocycles. The third kappa shape index (κ3) is 3.40. The van der Waals surface area contributed by atoms with Gasteiger partial charge in [-0.3, -0.25) is 4.90 Å². The lowest BCUT2D eigenvalue weighted by molar-refractivity contribution is 0.247. The number of anilines is 1. The van der Waals surface area contributed by atoms with Crippen molar-refractivity contribution in [3.63, 3.8) is 0 Å². The third-order valence-electron chi connectivity index (χ3n) is 3.60. The van der Waals surface area contributed by atoms with Crippen LogP contribution in [0, 0.1) is 6.92 Å². The Bertz CT molecular complexity index is 576. The van der Waals surface area contributed by atoms with Crippen LogP contribution in [0.4, 0.5) is 5.69 Å². The lowest BCUT2D eigenvalue weighted by Crippen LogP contribution is -2.46. The molecule has 0 atom stereocenters. The van der Waals surface area contributed by atoms with Crippen molar-refractivity contribution in [2.75, 3.05) is 31.1 Å². The smallest absolute Gasteiger partial charge is 0.0897 e. The fourth-order valence-corrected chi connectivity index (χ4v) is 3.54. The Morgan fingerprint density at radius 1 is 1.25 bits per heavy atom. The first-order chi connectivity index (χ1) is 9.70. The predicted molar refractivity (Wildman–Crippen MR) is 88.5 cm³/mol. The summed E-state index contributed by atoms with van der Waals surface area (Å²) < 4.78 is 1.15. The van der Waals surface area contributed by atoms with Crippen molar-refractivity contribution in [3.8, 4) is 0 Å². The zero-order valence-electron chi connectivity index (χ0n) is 11.6. The molecule has 0 amide bonds. The van der Waals surface area contributed by atoms with Crippen molar-refractivity contribution >= 4 is 33.0 Å².